The van der Waals surface area contributed by atoms with Gasteiger partial charge in [0.1, 0.15) is 22.8 Å². The Morgan fingerprint density at radius 2 is 1.67 bits per heavy atom. The van der Waals surface area contributed by atoms with Gasteiger partial charge in [0.05, 0.1) is 5.02 Å². The van der Waals surface area contributed by atoms with Crippen LogP contribution in [-0.4, -0.2) is 11.9 Å². The summed E-state index contributed by atoms with van der Waals surface area (Å²) in [5, 5.41) is 3.95. The van der Waals surface area contributed by atoms with Crippen molar-refractivity contribution in [3.05, 3.63) is 83.6 Å². The lowest BCUT2D eigenvalue weighted by atomic mass is 10.2. The summed E-state index contributed by atoms with van der Waals surface area (Å²) in [6.07, 6.45) is 0. The van der Waals surface area contributed by atoms with Gasteiger partial charge < -0.3 is 19.2 Å². The Labute approximate surface area is 177 Å². The van der Waals surface area contributed by atoms with Crippen LogP contribution in [0.3, 0.4) is 0 Å². The smallest absolute Gasteiger partial charge is 0.308 e. The molecule has 1 N–H and O–H groups in total. The fourth-order valence-electron chi connectivity index (χ4n) is 2.81. The molecule has 30 heavy (non-hydrogen) atoms. The average molecular weight is 422 g/mol. The van der Waals surface area contributed by atoms with E-state index in [0.29, 0.717) is 33.5 Å². The predicted octanol–water partition coefficient (Wildman–Crippen LogP) is 6.06. The number of benzene rings is 3. The Kier molecular flexibility index (Phi) is 5.41. The first kappa shape index (κ1) is 19.5. The summed E-state index contributed by atoms with van der Waals surface area (Å²) in [5.74, 6) is 0.731. The van der Waals surface area contributed by atoms with E-state index >= 15 is 0 Å². The highest BCUT2D eigenvalue weighted by molar-refractivity contribution is 6.32. The van der Waals surface area contributed by atoms with E-state index in [9.17, 15) is 9.59 Å². The van der Waals surface area contributed by atoms with Gasteiger partial charge in [-0.3, -0.25) is 9.59 Å². The number of anilines is 1. The maximum absolute atomic E-state index is 12.4. The first-order valence-electron chi connectivity index (χ1n) is 9.04. The maximum Gasteiger partial charge on any atom is 0.308 e. The molecule has 3 aromatic carbocycles. The molecule has 0 unspecified atom stereocenters. The van der Waals surface area contributed by atoms with Gasteiger partial charge >= 0.3 is 5.97 Å². The molecule has 0 saturated carbocycles. The van der Waals surface area contributed by atoms with Crippen LogP contribution >= 0.6 is 11.6 Å². The van der Waals surface area contributed by atoms with Crippen LogP contribution in [0, 0.1) is 0 Å². The van der Waals surface area contributed by atoms with Crippen molar-refractivity contribution in [1.82, 2.24) is 0 Å². The summed E-state index contributed by atoms with van der Waals surface area (Å²) in [5.41, 5.74) is 1.24. The predicted molar refractivity (Wildman–Crippen MR) is 113 cm³/mol. The Morgan fingerprint density at radius 1 is 0.933 bits per heavy atom. The zero-order chi connectivity index (χ0) is 21.1. The molecular formula is C23H16ClNO5. The molecular weight excluding hydrogens is 406 g/mol. The second-order valence-corrected chi connectivity index (χ2v) is 6.82. The molecule has 4 aromatic rings. The van der Waals surface area contributed by atoms with Crippen molar-refractivity contribution in [1.29, 1.82) is 0 Å². The quantitative estimate of drug-likeness (QED) is 0.313. The summed E-state index contributed by atoms with van der Waals surface area (Å²) in [6, 6.07) is 20.6. The number of halogens is 1. The van der Waals surface area contributed by atoms with Crippen molar-refractivity contribution >= 4 is 40.1 Å². The third-order valence-electron chi connectivity index (χ3n) is 4.15. The Bertz CT molecular complexity index is 1200. The highest BCUT2D eigenvalue weighted by Crippen LogP contribution is 2.33. The number of amides is 1. The number of rotatable bonds is 5. The number of para-hydroxylation sites is 1. The van der Waals surface area contributed by atoms with Crippen LogP contribution < -0.4 is 14.8 Å². The van der Waals surface area contributed by atoms with Gasteiger partial charge in [-0.05, 0) is 48.5 Å². The number of furan rings is 1. The summed E-state index contributed by atoms with van der Waals surface area (Å²) in [4.78, 5) is 23.4. The fourth-order valence-corrected chi connectivity index (χ4v) is 3.02. The molecule has 0 fully saturated rings. The van der Waals surface area contributed by atoms with Crippen LogP contribution in [0.25, 0.3) is 11.0 Å². The molecule has 0 atom stereocenters. The third-order valence-corrected chi connectivity index (χ3v) is 4.45. The van der Waals surface area contributed by atoms with E-state index in [4.69, 9.17) is 25.5 Å². The number of nitrogens with one attached hydrogen (secondary N) is 1. The summed E-state index contributed by atoms with van der Waals surface area (Å²) in [6.45, 7) is 1.31. The van der Waals surface area contributed by atoms with Crippen molar-refractivity contribution in [3.63, 3.8) is 0 Å². The summed E-state index contributed by atoms with van der Waals surface area (Å²) in [7, 11) is 0. The van der Waals surface area contributed by atoms with E-state index in [1.54, 1.807) is 42.5 Å². The molecule has 1 heterocycles. The number of fused-ring (bicyclic) bond motifs is 1. The van der Waals surface area contributed by atoms with E-state index in [1.165, 1.54) is 13.0 Å². The summed E-state index contributed by atoms with van der Waals surface area (Å²) >= 11 is 6.18. The third kappa shape index (κ3) is 4.45. The van der Waals surface area contributed by atoms with Gasteiger partial charge in [-0.2, -0.15) is 0 Å². The molecule has 0 aliphatic carbocycles. The molecule has 1 aromatic heterocycles. The van der Waals surface area contributed by atoms with Crippen molar-refractivity contribution in [3.8, 4) is 17.2 Å². The number of carbonyl (C=O) groups excluding carboxylic acids is 2. The van der Waals surface area contributed by atoms with Crippen LogP contribution in [0.1, 0.15) is 17.5 Å². The number of carbonyl (C=O) groups is 2. The van der Waals surface area contributed by atoms with Gasteiger partial charge in [-0.25, -0.2) is 0 Å². The lowest BCUT2D eigenvalue weighted by Crippen LogP contribution is -2.10. The monoisotopic (exact) mass is 421 g/mol. The zero-order valence-electron chi connectivity index (χ0n) is 15.8. The Morgan fingerprint density at radius 3 is 2.37 bits per heavy atom. The molecule has 0 spiro atoms. The van der Waals surface area contributed by atoms with Gasteiger partial charge in [0, 0.05) is 24.1 Å². The SMILES string of the molecule is CC(=O)Oc1ccc(Oc2ccc(NC(=O)c3cc4ccccc4o3)cc2)c(Cl)c1. The van der Waals surface area contributed by atoms with E-state index in [-0.39, 0.29) is 11.7 Å². The minimum atomic E-state index is -0.431. The van der Waals surface area contributed by atoms with Gasteiger partial charge in [-0.1, -0.05) is 29.8 Å². The minimum absolute atomic E-state index is 0.233. The lowest BCUT2D eigenvalue weighted by molar-refractivity contribution is -0.131. The fraction of sp³-hybridized carbons (Fsp3) is 0.0435. The molecule has 0 aliphatic heterocycles. The molecule has 0 radical (unpaired) electrons. The molecule has 150 valence electrons. The maximum atomic E-state index is 12.4. The number of ether oxygens (including phenoxy) is 2. The molecule has 0 saturated heterocycles. The van der Waals surface area contributed by atoms with E-state index in [1.807, 2.05) is 24.3 Å². The zero-order valence-corrected chi connectivity index (χ0v) is 16.6. The number of hydrogen-bond acceptors (Lipinski definition) is 5. The highest BCUT2D eigenvalue weighted by atomic mass is 35.5. The van der Waals surface area contributed by atoms with Gasteiger partial charge in [0.15, 0.2) is 5.76 Å². The van der Waals surface area contributed by atoms with Crippen LogP contribution in [0.5, 0.6) is 17.2 Å². The topological polar surface area (TPSA) is 77.8 Å². The van der Waals surface area contributed by atoms with Gasteiger partial charge in [0.2, 0.25) is 0 Å². The van der Waals surface area contributed by atoms with E-state index in [0.717, 1.165) is 5.39 Å². The second-order valence-electron chi connectivity index (χ2n) is 6.41. The Hall–Kier alpha value is -3.77. The molecule has 0 bridgehead atoms. The number of hydrogen-bond donors (Lipinski definition) is 1. The Balaban J connectivity index is 1.42. The van der Waals surface area contributed by atoms with E-state index in [2.05, 4.69) is 5.32 Å². The van der Waals surface area contributed by atoms with Gasteiger partial charge in [0.25, 0.3) is 5.91 Å². The van der Waals surface area contributed by atoms with Crippen molar-refractivity contribution in [2.75, 3.05) is 5.32 Å². The van der Waals surface area contributed by atoms with E-state index < -0.39 is 5.97 Å². The molecule has 0 aliphatic rings. The van der Waals surface area contributed by atoms with Gasteiger partial charge in [-0.15, -0.1) is 0 Å². The van der Waals surface area contributed by atoms with Crippen molar-refractivity contribution in [2.24, 2.45) is 0 Å². The average Bonchev–Trinajstić information content (AvgIpc) is 3.15. The molecule has 6 nitrogen and oxygen atoms in total. The first-order valence-corrected chi connectivity index (χ1v) is 9.41. The lowest BCUT2D eigenvalue weighted by Gasteiger charge is -2.10. The van der Waals surface area contributed by atoms with Crippen LogP contribution in [0.2, 0.25) is 5.02 Å². The van der Waals surface area contributed by atoms with Crippen LogP contribution in [0.15, 0.2) is 77.2 Å². The molecule has 7 heteroatoms. The standard InChI is InChI=1S/C23H16ClNO5/c1-14(26)28-18-10-11-21(19(24)13-18)29-17-8-6-16(7-9-17)25-23(27)22-12-15-4-2-3-5-20(15)30-22/h2-13H,1H3,(H,25,27). The van der Waals surface area contributed by atoms with Crippen molar-refractivity contribution in [2.45, 2.75) is 6.92 Å². The minimum Gasteiger partial charge on any atom is -0.456 e. The highest BCUT2D eigenvalue weighted by Gasteiger charge is 2.13. The van der Waals surface area contributed by atoms with Crippen LogP contribution in [0.4, 0.5) is 5.69 Å². The first-order chi connectivity index (χ1) is 14.5. The number of esters is 1. The van der Waals surface area contributed by atoms with Crippen LogP contribution in [-0.2, 0) is 4.79 Å². The second kappa shape index (κ2) is 8.31. The van der Waals surface area contributed by atoms with Crippen molar-refractivity contribution < 1.29 is 23.5 Å². The normalized spacial score (nSPS) is 10.6. The molecule has 4 rings (SSSR count). The largest absolute Gasteiger partial charge is 0.456 e. The molecule has 1 amide bonds. The summed E-state index contributed by atoms with van der Waals surface area (Å²) < 4.78 is 16.3.